The van der Waals surface area contributed by atoms with E-state index in [4.69, 9.17) is 11.6 Å². The molecule has 2 N–H and O–H groups in total. The fourth-order valence-corrected chi connectivity index (χ4v) is 3.46. The molecule has 0 spiro atoms. The molecule has 3 atom stereocenters. The lowest BCUT2D eigenvalue weighted by Gasteiger charge is -2.39. The predicted octanol–water partition coefficient (Wildman–Crippen LogP) is 1.58. The van der Waals surface area contributed by atoms with Crippen LogP contribution in [0.1, 0.15) is 33.1 Å². The van der Waals surface area contributed by atoms with Crippen LogP contribution >= 0.6 is 11.6 Å². The van der Waals surface area contributed by atoms with Crippen molar-refractivity contribution in [1.29, 1.82) is 0 Å². The number of carbonyl (C=O) groups excluding carboxylic acids is 2. The third-order valence-electron chi connectivity index (χ3n) is 4.52. The van der Waals surface area contributed by atoms with Crippen molar-refractivity contribution in [3.05, 3.63) is 29.3 Å². The van der Waals surface area contributed by atoms with Gasteiger partial charge in [0.05, 0.1) is 7.05 Å². The maximum Gasteiger partial charge on any atom is 0.279 e. The van der Waals surface area contributed by atoms with Gasteiger partial charge in [0.2, 0.25) is 0 Å². The molecule has 132 valence electrons. The summed E-state index contributed by atoms with van der Waals surface area (Å²) in [6, 6.07) is 7.57. The van der Waals surface area contributed by atoms with Gasteiger partial charge in [0.25, 0.3) is 11.8 Å². The number of hydrogen-bond donors (Lipinski definition) is 2. The smallest absolute Gasteiger partial charge is 0.279 e. The van der Waals surface area contributed by atoms with Gasteiger partial charge in [0.15, 0.2) is 13.1 Å². The zero-order valence-electron chi connectivity index (χ0n) is 14.6. The number of likely N-dealkylation sites (tertiary alicyclic amines) is 1. The molecule has 1 aliphatic heterocycles. The number of amides is 2. The van der Waals surface area contributed by atoms with Gasteiger partial charge in [-0.2, -0.15) is 0 Å². The number of likely N-dealkylation sites (N-methyl/N-ethyl adjacent to an activating group) is 1. The van der Waals surface area contributed by atoms with Gasteiger partial charge in [-0.3, -0.25) is 9.59 Å². The molecule has 2 rings (SSSR count). The number of nitrogens with zero attached hydrogens (tertiary/aromatic N) is 1. The SMILES string of the molecule is C[C@@H]1CCC[C@@H](C)N1C(=O)C[NH+](C)CC(=O)Nc1ccc(Cl)cc1. The van der Waals surface area contributed by atoms with E-state index in [1.54, 1.807) is 24.3 Å². The maximum absolute atomic E-state index is 12.6. The van der Waals surface area contributed by atoms with Gasteiger partial charge in [-0.15, -0.1) is 0 Å². The first-order chi connectivity index (χ1) is 11.4. The first-order valence-electron chi connectivity index (χ1n) is 8.54. The quantitative estimate of drug-likeness (QED) is 0.845. The highest BCUT2D eigenvalue weighted by Crippen LogP contribution is 2.22. The number of benzene rings is 1. The van der Waals surface area contributed by atoms with E-state index in [-0.39, 0.29) is 30.4 Å². The van der Waals surface area contributed by atoms with Crippen molar-refractivity contribution in [2.24, 2.45) is 0 Å². The van der Waals surface area contributed by atoms with Crippen LogP contribution < -0.4 is 10.2 Å². The highest BCUT2D eigenvalue weighted by Gasteiger charge is 2.30. The predicted molar refractivity (Wildman–Crippen MR) is 96.3 cm³/mol. The lowest BCUT2D eigenvalue weighted by molar-refractivity contribution is -0.862. The van der Waals surface area contributed by atoms with Gasteiger partial charge in [0.1, 0.15) is 0 Å². The molecule has 0 aromatic heterocycles. The Morgan fingerprint density at radius 3 is 2.33 bits per heavy atom. The van der Waals surface area contributed by atoms with E-state index in [9.17, 15) is 9.59 Å². The van der Waals surface area contributed by atoms with E-state index in [2.05, 4.69) is 19.2 Å². The molecular formula is C18H27ClN3O2+. The maximum atomic E-state index is 12.6. The molecule has 0 aliphatic carbocycles. The van der Waals surface area contributed by atoms with E-state index in [0.717, 1.165) is 17.7 Å². The van der Waals surface area contributed by atoms with Crippen molar-refractivity contribution in [2.75, 3.05) is 25.5 Å². The first-order valence-corrected chi connectivity index (χ1v) is 8.92. The zero-order chi connectivity index (χ0) is 17.7. The molecule has 1 aromatic carbocycles. The summed E-state index contributed by atoms with van der Waals surface area (Å²) in [5.41, 5.74) is 0.710. The molecule has 0 radical (unpaired) electrons. The molecule has 1 aromatic rings. The van der Waals surface area contributed by atoms with Crippen LogP contribution in [0.2, 0.25) is 5.02 Å². The molecule has 2 amide bonds. The summed E-state index contributed by atoms with van der Waals surface area (Å²) in [6.07, 6.45) is 3.30. The number of rotatable bonds is 5. The Balaban J connectivity index is 1.83. The fourth-order valence-electron chi connectivity index (χ4n) is 3.34. The average molecular weight is 353 g/mol. The number of quaternary nitrogens is 1. The number of hydrogen-bond acceptors (Lipinski definition) is 2. The van der Waals surface area contributed by atoms with Crippen molar-refractivity contribution >= 4 is 29.1 Å². The highest BCUT2D eigenvalue weighted by atomic mass is 35.5. The number of anilines is 1. The summed E-state index contributed by atoms with van der Waals surface area (Å²) in [5, 5.41) is 3.46. The highest BCUT2D eigenvalue weighted by molar-refractivity contribution is 6.30. The molecule has 0 saturated carbocycles. The number of piperidine rings is 1. The van der Waals surface area contributed by atoms with Crippen LogP contribution in [0.4, 0.5) is 5.69 Å². The molecule has 1 heterocycles. The summed E-state index contributed by atoms with van der Waals surface area (Å²) in [6.45, 7) is 4.81. The molecule has 0 bridgehead atoms. The van der Waals surface area contributed by atoms with Gasteiger partial charge in [-0.1, -0.05) is 11.6 Å². The van der Waals surface area contributed by atoms with Crippen molar-refractivity contribution in [1.82, 2.24) is 4.90 Å². The lowest BCUT2D eigenvalue weighted by Crippen LogP contribution is -3.11. The number of carbonyl (C=O) groups is 2. The third-order valence-corrected chi connectivity index (χ3v) is 4.78. The van der Waals surface area contributed by atoms with Gasteiger partial charge in [0, 0.05) is 22.8 Å². The van der Waals surface area contributed by atoms with Crippen molar-refractivity contribution in [2.45, 2.75) is 45.2 Å². The minimum absolute atomic E-state index is 0.109. The Bertz CT molecular complexity index is 566. The van der Waals surface area contributed by atoms with Crippen LogP contribution in [0, 0.1) is 0 Å². The Labute approximate surface area is 149 Å². The monoisotopic (exact) mass is 352 g/mol. The van der Waals surface area contributed by atoms with E-state index < -0.39 is 0 Å². The van der Waals surface area contributed by atoms with Crippen LogP contribution in [0.15, 0.2) is 24.3 Å². The topological polar surface area (TPSA) is 53.9 Å². The van der Waals surface area contributed by atoms with E-state index in [0.29, 0.717) is 17.3 Å². The molecular weight excluding hydrogens is 326 g/mol. The molecule has 1 saturated heterocycles. The van der Waals surface area contributed by atoms with Crippen molar-refractivity contribution in [3.63, 3.8) is 0 Å². The van der Waals surface area contributed by atoms with Crippen LogP contribution in [0.5, 0.6) is 0 Å². The van der Waals surface area contributed by atoms with Gasteiger partial charge >= 0.3 is 0 Å². The second-order valence-corrected chi connectivity index (χ2v) is 7.23. The Morgan fingerprint density at radius 2 is 1.75 bits per heavy atom. The van der Waals surface area contributed by atoms with E-state index >= 15 is 0 Å². The minimum atomic E-state index is -0.109. The van der Waals surface area contributed by atoms with Gasteiger partial charge in [-0.05, 0) is 57.4 Å². The van der Waals surface area contributed by atoms with Crippen molar-refractivity contribution < 1.29 is 14.5 Å². The van der Waals surface area contributed by atoms with Crippen LogP contribution in [-0.4, -0.2) is 48.9 Å². The van der Waals surface area contributed by atoms with Crippen molar-refractivity contribution in [3.8, 4) is 0 Å². The van der Waals surface area contributed by atoms with E-state index in [1.165, 1.54) is 6.42 Å². The van der Waals surface area contributed by atoms with Crippen LogP contribution in [-0.2, 0) is 9.59 Å². The average Bonchev–Trinajstić information content (AvgIpc) is 2.49. The number of halogens is 1. The Hall–Kier alpha value is -1.59. The van der Waals surface area contributed by atoms with E-state index in [1.807, 2.05) is 11.9 Å². The third kappa shape index (κ3) is 5.21. The standard InChI is InChI=1S/C18H26ClN3O2/c1-13-5-4-6-14(2)22(13)18(24)12-21(3)11-17(23)20-16-9-7-15(19)8-10-16/h7-10,13-14H,4-6,11-12H2,1-3H3,(H,20,23)/p+1/t13-,14-/m1/s1. The molecule has 1 fully saturated rings. The van der Waals surface area contributed by atoms with Crippen LogP contribution in [0.25, 0.3) is 0 Å². The second kappa shape index (κ2) is 8.49. The van der Waals surface area contributed by atoms with Gasteiger partial charge < -0.3 is 15.1 Å². The molecule has 24 heavy (non-hydrogen) atoms. The summed E-state index contributed by atoms with van der Waals surface area (Å²) in [5.74, 6) is 0.0221. The molecule has 5 nitrogen and oxygen atoms in total. The minimum Gasteiger partial charge on any atom is -0.332 e. The molecule has 1 unspecified atom stereocenters. The van der Waals surface area contributed by atoms with Gasteiger partial charge in [-0.25, -0.2) is 0 Å². The fraction of sp³-hybridized carbons (Fsp3) is 0.556. The largest absolute Gasteiger partial charge is 0.332 e. The zero-order valence-corrected chi connectivity index (χ0v) is 15.4. The number of nitrogens with one attached hydrogen (secondary N) is 2. The summed E-state index contributed by atoms with van der Waals surface area (Å²) in [7, 11) is 1.87. The molecule has 1 aliphatic rings. The normalized spacial score (nSPS) is 22.1. The first kappa shape index (κ1) is 18.7. The Morgan fingerprint density at radius 1 is 1.17 bits per heavy atom. The Kier molecular flexibility index (Phi) is 6.63. The summed E-state index contributed by atoms with van der Waals surface area (Å²) < 4.78 is 0. The molecule has 6 heteroatoms. The summed E-state index contributed by atoms with van der Waals surface area (Å²) >= 11 is 5.83. The summed E-state index contributed by atoms with van der Waals surface area (Å²) in [4.78, 5) is 27.5. The van der Waals surface area contributed by atoms with Crippen LogP contribution in [0.3, 0.4) is 0 Å². The lowest BCUT2D eigenvalue weighted by atomic mass is 9.97. The second-order valence-electron chi connectivity index (χ2n) is 6.80.